The van der Waals surface area contributed by atoms with Crippen molar-refractivity contribution in [2.45, 2.75) is 59.2 Å². The molecule has 3 heteroatoms. The molecular formula is C18H27N3. The molecule has 0 aromatic heterocycles. The molecule has 1 saturated heterocycles. The van der Waals surface area contributed by atoms with Crippen molar-refractivity contribution in [3.05, 3.63) is 29.3 Å². The molecule has 0 spiro atoms. The van der Waals surface area contributed by atoms with Crippen LogP contribution < -0.4 is 10.2 Å². The molecule has 1 aliphatic rings. The highest BCUT2D eigenvalue weighted by molar-refractivity contribution is 5.61. The fourth-order valence-corrected chi connectivity index (χ4v) is 3.14. The molecule has 21 heavy (non-hydrogen) atoms. The Balaban J connectivity index is 2.22. The van der Waals surface area contributed by atoms with Crippen LogP contribution in [-0.2, 0) is 6.54 Å². The van der Waals surface area contributed by atoms with E-state index in [0.29, 0.717) is 18.0 Å². The Hall–Kier alpha value is -1.53. The molecule has 1 atom stereocenters. The van der Waals surface area contributed by atoms with Gasteiger partial charge in [0.25, 0.3) is 0 Å². The van der Waals surface area contributed by atoms with E-state index >= 15 is 0 Å². The van der Waals surface area contributed by atoms with Gasteiger partial charge in [0.1, 0.15) is 6.07 Å². The van der Waals surface area contributed by atoms with E-state index in [9.17, 15) is 5.26 Å². The summed E-state index contributed by atoms with van der Waals surface area (Å²) in [6.07, 6.45) is 2.46. The van der Waals surface area contributed by atoms with Crippen LogP contribution in [0.15, 0.2) is 18.2 Å². The van der Waals surface area contributed by atoms with E-state index in [0.717, 1.165) is 24.3 Å². The van der Waals surface area contributed by atoms with Crippen molar-refractivity contribution in [3.8, 4) is 6.07 Å². The van der Waals surface area contributed by atoms with E-state index < -0.39 is 0 Å². The van der Waals surface area contributed by atoms with E-state index in [1.807, 2.05) is 6.07 Å². The average Bonchev–Trinajstić information content (AvgIpc) is 2.94. The van der Waals surface area contributed by atoms with Gasteiger partial charge in [-0.25, -0.2) is 0 Å². The fraction of sp³-hybridized carbons (Fsp3) is 0.611. The van der Waals surface area contributed by atoms with Crippen molar-refractivity contribution in [1.29, 1.82) is 5.26 Å². The molecule has 2 rings (SSSR count). The summed E-state index contributed by atoms with van der Waals surface area (Å²) >= 11 is 0. The third kappa shape index (κ3) is 3.77. The standard InChI is InChI=1S/C18H27N3/c1-13(2)17-6-5-9-21(17)18-8-7-15(10-16(18)11-19)12-20-14(3)4/h7-8,10,13-14,17,20H,5-6,9,12H2,1-4H3. The number of rotatable bonds is 5. The summed E-state index contributed by atoms with van der Waals surface area (Å²) in [6, 6.07) is 9.75. The average molecular weight is 285 g/mol. The van der Waals surface area contributed by atoms with Crippen LogP contribution in [-0.4, -0.2) is 18.6 Å². The molecule has 0 amide bonds. The minimum atomic E-state index is 0.458. The largest absolute Gasteiger partial charge is 0.367 e. The van der Waals surface area contributed by atoms with Gasteiger partial charge in [-0.2, -0.15) is 5.26 Å². The molecule has 114 valence electrons. The van der Waals surface area contributed by atoms with Gasteiger partial charge in [-0.15, -0.1) is 0 Å². The Morgan fingerprint density at radius 3 is 2.71 bits per heavy atom. The van der Waals surface area contributed by atoms with Gasteiger partial charge in [-0.05, 0) is 36.5 Å². The molecular weight excluding hydrogens is 258 g/mol. The van der Waals surface area contributed by atoms with Crippen LogP contribution in [0.25, 0.3) is 0 Å². The van der Waals surface area contributed by atoms with Crippen molar-refractivity contribution in [2.24, 2.45) is 5.92 Å². The Bertz CT molecular complexity index is 514. The van der Waals surface area contributed by atoms with Gasteiger partial charge in [-0.3, -0.25) is 0 Å². The van der Waals surface area contributed by atoms with E-state index in [4.69, 9.17) is 0 Å². The first-order valence-electron chi connectivity index (χ1n) is 8.06. The maximum Gasteiger partial charge on any atom is 0.101 e. The third-order valence-corrected chi connectivity index (χ3v) is 4.27. The Morgan fingerprint density at radius 2 is 2.10 bits per heavy atom. The zero-order chi connectivity index (χ0) is 15.4. The third-order valence-electron chi connectivity index (χ3n) is 4.27. The lowest BCUT2D eigenvalue weighted by molar-refractivity contribution is 0.491. The van der Waals surface area contributed by atoms with Crippen molar-refractivity contribution < 1.29 is 0 Å². The molecule has 3 nitrogen and oxygen atoms in total. The molecule has 1 aromatic rings. The highest BCUT2D eigenvalue weighted by atomic mass is 15.2. The number of hydrogen-bond acceptors (Lipinski definition) is 3. The summed E-state index contributed by atoms with van der Waals surface area (Å²) in [6.45, 7) is 10.7. The van der Waals surface area contributed by atoms with Crippen molar-refractivity contribution >= 4 is 5.69 Å². The second kappa shape index (κ2) is 6.95. The quantitative estimate of drug-likeness (QED) is 0.897. The minimum Gasteiger partial charge on any atom is -0.367 e. The Labute approximate surface area is 129 Å². The molecule has 1 heterocycles. The van der Waals surface area contributed by atoms with Gasteiger partial charge in [-0.1, -0.05) is 33.8 Å². The summed E-state index contributed by atoms with van der Waals surface area (Å²) < 4.78 is 0. The number of nitriles is 1. The lowest BCUT2D eigenvalue weighted by Crippen LogP contribution is -2.33. The Kier molecular flexibility index (Phi) is 5.25. The lowest BCUT2D eigenvalue weighted by Gasteiger charge is -2.30. The van der Waals surface area contributed by atoms with Gasteiger partial charge in [0.2, 0.25) is 0 Å². The van der Waals surface area contributed by atoms with Crippen LogP contribution in [0.4, 0.5) is 5.69 Å². The number of hydrogen-bond donors (Lipinski definition) is 1. The van der Waals surface area contributed by atoms with Gasteiger partial charge in [0.15, 0.2) is 0 Å². The molecule has 0 bridgehead atoms. The van der Waals surface area contributed by atoms with Crippen LogP contribution in [0, 0.1) is 17.2 Å². The summed E-state index contributed by atoms with van der Waals surface area (Å²) in [7, 11) is 0. The lowest BCUT2D eigenvalue weighted by atomic mass is 10.0. The minimum absolute atomic E-state index is 0.458. The van der Waals surface area contributed by atoms with Gasteiger partial charge >= 0.3 is 0 Å². The second-order valence-corrected chi connectivity index (χ2v) is 6.65. The number of nitrogens with one attached hydrogen (secondary N) is 1. The molecule has 0 radical (unpaired) electrons. The van der Waals surface area contributed by atoms with Crippen molar-refractivity contribution in [2.75, 3.05) is 11.4 Å². The van der Waals surface area contributed by atoms with Crippen molar-refractivity contribution in [3.63, 3.8) is 0 Å². The van der Waals surface area contributed by atoms with E-state index in [-0.39, 0.29) is 0 Å². The van der Waals surface area contributed by atoms with Crippen LogP contribution in [0.3, 0.4) is 0 Å². The summed E-state index contributed by atoms with van der Waals surface area (Å²) in [4.78, 5) is 2.43. The van der Waals surface area contributed by atoms with Gasteiger partial charge in [0, 0.05) is 25.2 Å². The fourth-order valence-electron chi connectivity index (χ4n) is 3.14. The monoisotopic (exact) mass is 285 g/mol. The van der Waals surface area contributed by atoms with Gasteiger partial charge < -0.3 is 10.2 Å². The van der Waals surface area contributed by atoms with E-state index in [2.05, 4.69) is 56.1 Å². The molecule has 0 saturated carbocycles. The Morgan fingerprint density at radius 1 is 1.33 bits per heavy atom. The zero-order valence-electron chi connectivity index (χ0n) is 13.7. The molecule has 1 aromatic carbocycles. The first-order chi connectivity index (χ1) is 10.0. The molecule has 0 aliphatic carbocycles. The van der Waals surface area contributed by atoms with E-state index in [1.165, 1.54) is 18.4 Å². The zero-order valence-corrected chi connectivity index (χ0v) is 13.7. The normalized spacial score (nSPS) is 18.5. The van der Waals surface area contributed by atoms with Gasteiger partial charge in [0.05, 0.1) is 11.3 Å². The number of nitrogens with zero attached hydrogens (tertiary/aromatic N) is 2. The molecule has 1 aliphatic heterocycles. The highest BCUT2D eigenvalue weighted by Crippen LogP contribution is 2.32. The van der Waals surface area contributed by atoms with Crippen LogP contribution in [0.1, 0.15) is 51.7 Å². The molecule has 1 fully saturated rings. The molecule has 1 unspecified atom stereocenters. The number of anilines is 1. The van der Waals surface area contributed by atoms with Crippen LogP contribution >= 0.6 is 0 Å². The predicted molar refractivity (Wildman–Crippen MR) is 88.3 cm³/mol. The SMILES string of the molecule is CC(C)NCc1ccc(N2CCCC2C(C)C)c(C#N)c1. The summed E-state index contributed by atoms with van der Waals surface area (Å²) in [5.41, 5.74) is 3.11. The molecule has 1 N–H and O–H groups in total. The van der Waals surface area contributed by atoms with E-state index in [1.54, 1.807) is 0 Å². The van der Waals surface area contributed by atoms with Crippen LogP contribution in [0.5, 0.6) is 0 Å². The van der Waals surface area contributed by atoms with Crippen molar-refractivity contribution in [1.82, 2.24) is 5.32 Å². The number of benzene rings is 1. The first kappa shape index (κ1) is 15.9. The topological polar surface area (TPSA) is 39.1 Å². The smallest absolute Gasteiger partial charge is 0.101 e. The first-order valence-corrected chi connectivity index (χ1v) is 8.06. The maximum absolute atomic E-state index is 9.51. The van der Waals surface area contributed by atoms with Crippen LogP contribution in [0.2, 0.25) is 0 Å². The second-order valence-electron chi connectivity index (χ2n) is 6.65. The summed E-state index contributed by atoms with van der Waals surface area (Å²) in [5, 5.41) is 12.9. The maximum atomic E-state index is 9.51. The summed E-state index contributed by atoms with van der Waals surface area (Å²) in [5.74, 6) is 0.626. The predicted octanol–water partition coefficient (Wildman–Crippen LogP) is 3.68. The highest BCUT2D eigenvalue weighted by Gasteiger charge is 2.28.